The predicted molar refractivity (Wildman–Crippen MR) is 68.5 cm³/mol. The van der Waals surface area contributed by atoms with Crippen LogP contribution in [0.5, 0.6) is 0 Å². The molecule has 3 N–H and O–H groups in total. The van der Waals surface area contributed by atoms with Crippen LogP contribution in [-0.2, 0) is 18.8 Å². The van der Waals surface area contributed by atoms with Crippen LogP contribution in [0, 0.1) is 5.92 Å². The molecular weight excluding hydrogens is 310 g/mol. The Hall–Kier alpha value is -1.86. The molecule has 1 aliphatic rings. The first-order valence-electron chi connectivity index (χ1n) is 6.56. The molecule has 0 radical (unpaired) electrons. The minimum atomic E-state index is -4.68. The smallest absolute Gasteiger partial charge is 0.386 e. The lowest BCUT2D eigenvalue weighted by atomic mass is 9.95. The van der Waals surface area contributed by atoms with Crippen LogP contribution in [0.15, 0.2) is 30.1 Å². The molecule has 0 aromatic heterocycles. The van der Waals surface area contributed by atoms with Gasteiger partial charge in [-0.3, -0.25) is 0 Å². The van der Waals surface area contributed by atoms with Crippen LogP contribution < -0.4 is 11.1 Å². The minimum Gasteiger partial charge on any atom is -0.386 e. The molecule has 1 aliphatic heterocycles. The van der Waals surface area contributed by atoms with Crippen molar-refractivity contribution in [2.75, 3.05) is 6.54 Å². The van der Waals surface area contributed by atoms with Crippen LogP contribution in [0.1, 0.15) is 23.1 Å². The second-order valence-electron chi connectivity index (χ2n) is 5.17. The van der Waals surface area contributed by atoms with Crippen molar-refractivity contribution in [1.29, 1.82) is 0 Å². The van der Waals surface area contributed by atoms with Gasteiger partial charge < -0.3 is 11.1 Å². The summed E-state index contributed by atoms with van der Waals surface area (Å²) in [4.78, 5) is 0. The van der Waals surface area contributed by atoms with Gasteiger partial charge in [-0.25, -0.2) is 0 Å². The molecule has 0 saturated heterocycles. The Labute approximate surface area is 123 Å². The zero-order chi connectivity index (χ0) is 16.5. The van der Waals surface area contributed by atoms with E-state index in [1.807, 2.05) is 0 Å². The highest BCUT2D eigenvalue weighted by Crippen LogP contribution is 2.37. The highest BCUT2D eigenvalue weighted by molar-refractivity contribution is 5.35. The van der Waals surface area contributed by atoms with E-state index in [0.717, 1.165) is 0 Å². The largest absolute Gasteiger partial charge is 0.416 e. The van der Waals surface area contributed by atoms with Crippen molar-refractivity contribution in [2.24, 2.45) is 11.7 Å². The highest BCUT2D eigenvalue weighted by atomic mass is 19.4. The first kappa shape index (κ1) is 16.5. The molecule has 0 unspecified atom stereocenters. The predicted octanol–water partition coefficient (Wildman–Crippen LogP) is 3.68. The fourth-order valence-electron chi connectivity index (χ4n) is 2.40. The summed E-state index contributed by atoms with van der Waals surface area (Å²) in [7, 11) is 0. The molecule has 0 bridgehead atoms. The lowest BCUT2D eigenvalue weighted by molar-refractivity contribution is -0.141. The van der Waals surface area contributed by atoms with Gasteiger partial charge in [0.05, 0.1) is 16.9 Å². The molecule has 1 aromatic carbocycles. The zero-order valence-corrected chi connectivity index (χ0v) is 11.4. The van der Waals surface area contributed by atoms with Crippen LogP contribution >= 0.6 is 0 Å². The van der Waals surface area contributed by atoms with Gasteiger partial charge in [-0.05, 0) is 48.6 Å². The van der Waals surface area contributed by atoms with E-state index in [9.17, 15) is 26.3 Å². The van der Waals surface area contributed by atoms with E-state index in [2.05, 4.69) is 5.32 Å². The van der Waals surface area contributed by atoms with Gasteiger partial charge in [-0.1, -0.05) is 0 Å². The Morgan fingerprint density at radius 3 is 2.27 bits per heavy atom. The summed E-state index contributed by atoms with van der Waals surface area (Å²) in [6.45, 7) is 0.478. The normalized spacial score (nSPS) is 19.0. The Morgan fingerprint density at radius 1 is 1.09 bits per heavy atom. The average molecular weight is 324 g/mol. The van der Waals surface area contributed by atoms with Crippen molar-refractivity contribution in [3.63, 3.8) is 0 Å². The van der Waals surface area contributed by atoms with Crippen molar-refractivity contribution < 1.29 is 26.3 Å². The number of alkyl halides is 6. The second-order valence-corrected chi connectivity index (χ2v) is 5.17. The topological polar surface area (TPSA) is 38.0 Å². The van der Waals surface area contributed by atoms with Crippen molar-refractivity contribution in [3.05, 3.63) is 46.8 Å². The number of aryl methyl sites for hydroxylation is 1. The summed E-state index contributed by atoms with van der Waals surface area (Å²) >= 11 is 0. The third-order valence-corrected chi connectivity index (χ3v) is 3.51. The van der Waals surface area contributed by atoms with Crippen molar-refractivity contribution in [3.8, 4) is 0 Å². The van der Waals surface area contributed by atoms with Gasteiger partial charge >= 0.3 is 12.4 Å². The van der Waals surface area contributed by atoms with Gasteiger partial charge in [0.1, 0.15) is 0 Å². The maximum atomic E-state index is 12.9. The zero-order valence-electron chi connectivity index (χ0n) is 11.4. The molecular formula is C14H14F6N2. The van der Waals surface area contributed by atoms with Crippen LogP contribution in [0.3, 0.4) is 0 Å². The van der Waals surface area contributed by atoms with Gasteiger partial charge in [-0.2, -0.15) is 26.3 Å². The number of nitrogens with one attached hydrogen (secondary N) is 1. The summed E-state index contributed by atoms with van der Waals surface area (Å²) in [5, 5.41) is 2.82. The van der Waals surface area contributed by atoms with Crippen LogP contribution in [0.2, 0.25) is 0 Å². The van der Waals surface area contributed by atoms with Crippen molar-refractivity contribution in [2.45, 2.75) is 25.2 Å². The fourth-order valence-corrected chi connectivity index (χ4v) is 2.40. The number of hydrogen-bond acceptors (Lipinski definition) is 2. The summed E-state index contributed by atoms with van der Waals surface area (Å²) in [5.74, 6) is 0.348. The lowest BCUT2D eigenvalue weighted by Gasteiger charge is -2.16. The van der Waals surface area contributed by atoms with E-state index in [4.69, 9.17) is 5.73 Å². The molecule has 1 heterocycles. The fraction of sp³-hybridized carbons (Fsp3) is 0.429. The number of halogens is 6. The first-order chi connectivity index (χ1) is 10.1. The minimum absolute atomic E-state index is 0.0874. The molecule has 0 amide bonds. The number of hydrogen-bond donors (Lipinski definition) is 2. The molecule has 0 aliphatic carbocycles. The summed E-state index contributed by atoms with van der Waals surface area (Å²) in [6.07, 6.45) is -7.49. The third-order valence-electron chi connectivity index (χ3n) is 3.51. The lowest BCUT2D eigenvalue weighted by Crippen LogP contribution is -2.17. The number of benzene rings is 1. The van der Waals surface area contributed by atoms with Crippen molar-refractivity contribution >= 4 is 0 Å². The maximum Gasteiger partial charge on any atom is 0.416 e. The summed E-state index contributed by atoms with van der Waals surface area (Å²) in [6, 6.07) is 1.54. The maximum absolute atomic E-state index is 12.9. The van der Waals surface area contributed by atoms with E-state index < -0.39 is 23.5 Å². The van der Waals surface area contributed by atoms with Gasteiger partial charge in [0.2, 0.25) is 0 Å². The molecule has 22 heavy (non-hydrogen) atoms. The molecule has 1 atom stereocenters. The molecule has 2 nitrogen and oxygen atoms in total. The molecule has 0 fully saturated rings. The Balaban J connectivity index is 2.25. The number of rotatable bonds is 3. The van der Waals surface area contributed by atoms with Gasteiger partial charge in [0.25, 0.3) is 0 Å². The SMILES string of the molecule is NC1=C[C@H](CCc2cc(C(F)(F)F)ccc2C(F)(F)F)CN1. The highest BCUT2D eigenvalue weighted by Gasteiger charge is 2.36. The molecule has 122 valence electrons. The number of nitrogens with two attached hydrogens (primary N) is 1. The van der Waals surface area contributed by atoms with Gasteiger partial charge in [-0.15, -0.1) is 0 Å². The Kier molecular flexibility index (Phi) is 4.30. The quantitative estimate of drug-likeness (QED) is 0.833. The van der Waals surface area contributed by atoms with E-state index in [1.54, 1.807) is 6.08 Å². The third kappa shape index (κ3) is 3.86. The van der Waals surface area contributed by atoms with Gasteiger partial charge in [0, 0.05) is 6.54 Å². The average Bonchev–Trinajstić information content (AvgIpc) is 2.79. The van der Waals surface area contributed by atoms with Gasteiger partial charge in [0.15, 0.2) is 0 Å². The molecule has 0 saturated carbocycles. The standard InChI is InChI=1S/C14H14F6N2/c15-13(16,17)10-3-4-11(14(18,19)20)9(6-10)2-1-8-5-12(21)22-7-8/h3-6,8,22H,1-2,7,21H2/t8-/m0/s1. The molecule has 1 aromatic rings. The van der Waals surface area contributed by atoms with Crippen LogP contribution in [0.4, 0.5) is 26.3 Å². The first-order valence-corrected chi connectivity index (χ1v) is 6.56. The Bertz CT molecular complexity index is 574. The summed E-state index contributed by atoms with van der Waals surface area (Å²) < 4.78 is 76.8. The summed E-state index contributed by atoms with van der Waals surface area (Å²) in [5.41, 5.74) is 3.05. The van der Waals surface area contributed by atoms with Crippen LogP contribution in [0.25, 0.3) is 0 Å². The second kappa shape index (κ2) is 5.73. The van der Waals surface area contributed by atoms with Crippen LogP contribution in [-0.4, -0.2) is 6.54 Å². The monoisotopic (exact) mass is 324 g/mol. The van der Waals surface area contributed by atoms with E-state index in [0.29, 0.717) is 30.6 Å². The van der Waals surface area contributed by atoms with E-state index >= 15 is 0 Å². The van der Waals surface area contributed by atoms with E-state index in [1.165, 1.54) is 0 Å². The molecule has 0 spiro atoms. The Morgan fingerprint density at radius 2 is 1.77 bits per heavy atom. The van der Waals surface area contributed by atoms with E-state index in [-0.39, 0.29) is 24.3 Å². The van der Waals surface area contributed by atoms with Crippen molar-refractivity contribution in [1.82, 2.24) is 5.32 Å². The molecule has 8 heteroatoms. The molecule has 2 rings (SSSR count).